The molecule has 2 N–H and O–H groups in total. The van der Waals surface area contributed by atoms with Gasteiger partial charge in [-0.3, -0.25) is 4.79 Å². The third kappa shape index (κ3) is 4.23. The first-order chi connectivity index (χ1) is 6.52. The van der Waals surface area contributed by atoms with E-state index in [1.54, 1.807) is 0 Å². The molecule has 0 aromatic carbocycles. The Hall–Kier alpha value is -1.09. The van der Waals surface area contributed by atoms with Crippen LogP contribution in [-0.2, 0) is 4.79 Å². The standard InChI is InChI=1S/C10H16O.CH2O2/c1-7(2)9-5-4-8(3)10(11)6-9;2-1-3/h4,9-11H,1,5-6H2,2-3H3;1H,(H,2,3). The van der Waals surface area contributed by atoms with Gasteiger partial charge in [-0.25, -0.2) is 0 Å². The van der Waals surface area contributed by atoms with E-state index in [4.69, 9.17) is 9.90 Å². The summed E-state index contributed by atoms with van der Waals surface area (Å²) in [6.45, 7) is 7.67. The third-order valence-electron chi connectivity index (χ3n) is 2.45. The van der Waals surface area contributed by atoms with E-state index in [2.05, 4.69) is 12.7 Å². The fourth-order valence-corrected chi connectivity index (χ4v) is 1.42. The summed E-state index contributed by atoms with van der Waals surface area (Å²) in [4.78, 5) is 8.36. The van der Waals surface area contributed by atoms with Gasteiger partial charge in [0.25, 0.3) is 6.47 Å². The van der Waals surface area contributed by atoms with E-state index in [1.807, 2.05) is 13.8 Å². The molecule has 0 bridgehead atoms. The average Bonchev–Trinajstić information content (AvgIpc) is 2.10. The van der Waals surface area contributed by atoms with Crippen molar-refractivity contribution in [1.29, 1.82) is 0 Å². The Labute approximate surface area is 84.8 Å². The molecule has 2 unspecified atom stereocenters. The van der Waals surface area contributed by atoms with Gasteiger partial charge in [-0.15, -0.1) is 0 Å². The van der Waals surface area contributed by atoms with Crippen molar-refractivity contribution in [1.82, 2.24) is 0 Å². The van der Waals surface area contributed by atoms with Gasteiger partial charge in [0.2, 0.25) is 0 Å². The molecule has 0 aromatic heterocycles. The van der Waals surface area contributed by atoms with Crippen LogP contribution >= 0.6 is 0 Å². The van der Waals surface area contributed by atoms with E-state index < -0.39 is 0 Å². The highest BCUT2D eigenvalue weighted by atomic mass is 16.3. The van der Waals surface area contributed by atoms with E-state index in [0.29, 0.717) is 5.92 Å². The molecule has 3 nitrogen and oxygen atoms in total. The number of hydrogen-bond donors (Lipinski definition) is 2. The molecule has 0 aromatic rings. The molecular formula is C11H18O3. The molecule has 80 valence electrons. The van der Waals surface area contributed by atoms with Gasteiger partial charge in [0.15, 0.2) is 0 Å². The lowest BCUT2D eigenvalue weighted by Gasteiger charge is -2.24. The van der Waals surface area contributed by atoms with Crippen molar-refractivity contribution in [3.05, 3.63) is 23.8 Å². The molecule has 0 saturated heterocycles. The highest BCUT2D eigenvalue weighted by molar-refractivity contribution is 5.32. The molecule has 1 rings (SSSR count). The Morgan fingerprint density at radius 1 is 1.71 bits per heavy atom. The van der Waals surface area contributed by atoms with Crippen LogP contribution < -0.4 is 0 Å². The number of allylic oxidation sites excluding steroid dienone is 2. The molecule has 3 heteroatoms. The molecule has 1 aliphatic carbocycles. The van der Waals surface area contributed by atoms with Crippen LogP contribution in [0.3, 0.4) is 0 Å². The number of aliphatic hydroxyl groups excluding tert-OH is 1. The van der Waals surface area contributed by atoms with Gasteiger partial charge in [-0.05, 0) is 38.2 Å². The Morgan fingerprint density at radius 3 is 2.57 bits per heavy atom. The van der Waals surface area contributed by atoms with Gasteiger partial charge in [0, 0.05) is 0 Å². The first-order valence-electron chi connectivity index (χ1n) is 4.60. The van der Waals surface area contributed by atoms with E-state index >= 15 is 0 Å². The van der Waals surface area contributed by atoms with Crippen LogP contribution in [0.2, 0.25) is 0 Å². The zero-order chi connectivity index (χ0) is 11.1. The van der Waals surface area contributed by atoms with E-state index in [-0.39, 0.29) is 12.6 Å². The van der Waals surface area contributed by atoms with Crippen LogP contribution in [0.4, 0.5) is 0 Å². The van der Waals surface area contributed by atoms with Crippen LogP contribution in [0.15, 0.2) is 23.8 Å². The number of carbonyl (C=O) groups is 1. The Morgan fingerprint density at radius 2 is 2.21 bits per heavy atom. The van der Waals surface area contributed by atoms with Gasteiger partial charge in [-0.2, -0.15) is 0 Å². The fourth-order valence-electron chi connectivity index (χ4n) is 1.42. The average molecular weight is 198 g/mol. The maximum atomic E-state index is 9.49. The summed E-state index contributed by atoms with van der Waals surface area (Å²) in [5.41, 5.74) is 2.30. The zero-order valence-corrected chi connectivity index (χ0v) is 8.73. The molecule has 14 heavy (non-hydrogen) atoms. The Kier molecular flexibility index (Phi) is 5.88. The minimum absolute atomic E-state index is 0.231. The van der Waals surface area contributed by atoms with Crippen molar-refractivity contribution in [3.8, 4) is 0 Å². The molecule has 1 aliphatic rings. The Balaban J connectivity index is 0.000000500. The molecule has 0 radical (unpaired) electrons. The lowest BCUT2D eigenvalue weighted by molar-refractivity contribution is -0.122. The fraction of sp³-hybridized carbons (Fsp3) is 0.545. The monoisotopic (exact) mass is 198 g/mol. The van der Waals surface area contributed by atoms with Gasteiger partial charge >= 0.3 is 0 Å². The lowest BCUT2D eigenvalue weighted by Crippen LogP contribution is -2.19. The summed E-state index contributed by atoms with van der Waals surface area (Å²) in [5.74, 6) is 0.494. The SMILES string of the molecule is C=C(C)C1CC=C(C)C(O)C1.O=CO. The van der Waals surface area contributed by atoms with E-state index in [9.17, 15) is 5.11 Å². The van der Waals surface area contributed by atoms with Crippen molar-refractivity contribution in [3.63, 3.8) is 0 Å². The quantitative estimate of drug-likeness (QED) is 0.500. The second-order valence-electron chi connectivity index (χ2n) is 3.58. The van der Waals surface area contributed by atoms with Crippen LogP contribution in [0.1, 0.15) is 26.7 Å². The third-order valence-corrected chi connectivity index (χ3v) is 2.45. The summed E-state index contributed by atoms with van der Waals surface area (Å²) >= 11 is 0. The molecule has 0 fully saturated rings. The minimum Gasteiger partial charge on any atom is -0.483 e. The number of aliphatic hydroxyl groups is 1. The minimum atomic E-state index is -0.250. The molecule has 0 heterocycles. The molecule has 0 amide bonds. The van der Waals surface area contributed by atoms with Crippen molar-refractivity contribution in [2.75, 3.05) is 0 Å². The molecule has 0 saturated carbocycles. The normalized spacial score (nSPS) is 25.5. The predicted octanol–water partition coefficient (Wildman–Crippen LogP) is 1.98. The molecule has 0 spiro atoms. The molecule has 0 aliphatic heterocycles. The topological polar surface area (TPSA) is 57.5 Å². The van der Waals surface area contributed by atoms with E-state index in [0.717, 1.165) is 18.4 Å². The van der Waals surface area contributed by atoms with Crippen LogP contribution in [0, 0.1) is 5.92 Å². The maximum absolute atomic E-state index is 9.49. The van der Waals surface area contributed by atoms with Crippen LogP contribution in [-0.4, -0.2) is 22.8 Å². The second-order valence-corrected chi connectivity index (χ2v) is 3.58. The van der Waals surface area contributed by atoms with Gasteiger partial charge in [0.05, 0.1) is 6.10 Å². The highest BCUT2D eigenvalue weighted by Gasteiger charge is 2.19. The Bertz CT molecular complexity index is 231. The van der Waals surface area contributed by atoms with Crippen molar-refractivity contribution in [2.45, 2.75) is 32.8 Å². The van der Waals surface area contributed by atoms with Crippen molar-refractivity contribution >= 4 is 6.47 Å². The predicted molar refractivity (Wildman–Crippen MR) is 56.0 cm³/mol. The zero-order valence-electron chi connectivity index (χ0n) is 8.73. The maximum Gasteiger partial charge on any atom is 0.290 e. The highest BCUT2D eigenvalue weighted by Crippen LogP contribution is 2.27. The molecular weight excluding hydrogens is 180 g/mol. The van der Waals surface area contributed by atoms with Crippen LogP contribution in [0.25, 0.3) is 0 Å². The first-order valence-corrected chi connectivity index (χ1v) is 4.60. The van der Waals surface area contributed by atoms with Crippen molar-refractivity contribution < 1.29 is 15.0 Å². The van der Waals surface area contributed by atoms with Gasteiger partial charge in [0.1, 0.15) is 0 Å². The van der Waals surface area contributed by atoms with Crippen molar-refractivity contribution in [2.24, 2.45) is 5.92 Å². The van der Waals surface area contributed by atoms with Crippen LogP contribution in [0.5, 0.6) is 0 Å². The first kappa shape index (κ1) is 12.9. The molecule has 2 atom stereocenters. The van der Waals surface area contributed by atoms with Gasteiger partial charge < -0.3 is 10.2 Å². The number of hydrogen-bond acceptors (Lipinski definition) is 2. The summed E-state index contributed by atoms with van der Waals surface area (Å²) in [5, 5.41) is 16.4. The summed E-state index contributed by atoms with van der Waals surface area (Å²) in [6.07, 6.45) is 3.80. The summed E-state index contributed by atoms with van der Waals surface area (Å²) in [7, 11) is 0. The lowest BCUT2D eigenvalue weighted by atomic mass is 9.84. The smallest absolute Gasteiger partial charge is 0.290 e. The van der Waals surface area contributed by atoms with Gasteiger partial charge in [-0.1, -0.05) is 18.2 Å². The summed E-state index contributed by atoms with van der Waals surface area (Å²) in [6, 6.07) is 0. The summed E-state index contributed by atoms with van der Waals surface area (Å²) < 4.78 is 0. The number of carboxylic acid groups (broad SMARTS) is 1. The number of rotatable bonds is 1. The largest absolute Gasteiger partial charge is 0.483 e. The second kappa shape index (κ2) is 6.38. The van der Waals surface area contributed by atoms with E-state index in [1.165, 1.54) is 5.57 Å².